The number of rotatable bonds is 4. The molecule has 2 atom stereocenters. The van der Waals surface area contributed by atoms with E-state index in [1.54, 1.807) is 0 Å². The zero-order valence-electron chi connectivity index (χ0n) is 11.2. The van der Waals surface area contributed by atoms with Crippen molar-refractivity contribution < 1.29 is 4.79 Å². The van der Waals surface area contributed by atoms with Gasteiger partial charge in [-0.2, -0.15) is 0 Å². The molecular formula is C14H25ClN2O. The fourth-order valence-electron chi connectivity index (χ4n) is 3.73. The lowest BCUT2D eigenvalue weighted by Gasteiger charge is -2.31. The van der Waals surface area contributed by atoms with Gasteiger partial charge in [-0.25, -0.2) is 0 Å². The van der Waals surface area contributed by atoms with Gasteiger partial charge in [0.1, 0.15) is 0 Å². The Hall–Kier alpha value is -0.280. The van der Waals surface area contributed by atoms with Crippen LogP contribution >= 0.6 is 12.4 Å². The molecule has 2 aliphatic heterocycles. The minimum atomic E-state index is 0. The number of carbonyl (C=O) groups excluding carboxylic acids is 1. The molecule has 2 saturated heterocycles. The van der Waals surface area contributed by atoms with Crippen molar-refractivity contribution in [3.8, 4) is 0 Å². The first-order valence-corrected chi connectivity index (χ1v) is 7.29. The molecule has 18 heavy (non-hydrogen) atoms. The summed E-state index contributed by atoms with van der Waals surface area (Å²) in [5.74, 6) is 0.352. The maximum atomic E-state index is 12.3. The summed E-state index contributed by atoms with van der Waals surface area (Å²) in [7, 11) is 0. The highest BCUT2D eigenvalue weighted by molar-refractivity contribution is 5.85. The predicted octanol–water partition coefficient (Wildman–Crippen LogP) is 2.39. The Bertz CT molecular complexity index is 305. The molecular weight excluding hydrogens is 248 g/mol. The first kappa shape index (κ1) is 14.1. The van der Waals surface area contributed by atoms with E-state index in [9.17, 15) is 4.79 Å². The van der Waals surface area contributed by atoms with E-state index in [4.69, 9.17) is 0 Å². The molecule has 2 heterocycles. The second-order valence-corrected chi connectivity index (χ2v) is 6.31. The number of carbonyl (C=O) groups is 1. The molecule has 3 nitrogen and oxygen atoms in total. The van der Waals surface area contributed by atoms with Crippen molar-refractivity contribution >= 4 is 18.3 Å². The van der Waals surface area contributed by atoms with Gasteiger partial charge in [0.25, 0.3) is 0 Å². The number of piperidine rings is 1. The molecule has 2 bridgehead atoms. The summed E-state index contributed by atoms with van der Waals surface area (Å²) in [6.07, 6.45) is 9.33. The van der Waals surface area contributed by atoms with Crippen LogP contribution in [0.15, 0.2) is 0 Å². The van der Waals surface area contributed by atoms with Gasteiger partial charge in [0, 0.05) is 23.5 Å². The third-order valence-electron chi connectivity index (χ3n) is 4.87. The van der Waals surface area contributed by atoms with E-state index in [2.05, 4.69) is 17.6 Å². The van der Waals surface area contributed by atoms with Crippen molar-refractivity contribution in [3.63, 3.8) is 0 Å². The molecule has 0 aromatic rings. The van der Waals surface area contributed by atoms with Crippen LogP contribution in [-0.2, 0) is 4.79 Å². The topological polar surface area (TPSA) is 41.1 Å². The van der Waals surface area contributed by atoms with E-state index < -0.39 is 0 Å². The Balaban J connectivity index is 0.00000120. The third kappa shape index (κ3) is 2.67. The van der Waals surface area contributed by atoms with E-state index >= 15 is 0 Å². The van der Waals surface area contributed by atoms with Gasteiger partial charge in [-0.1, -0.05) is 13.3 Å². The van der Waals surface area contributed by atoms with Crippen LogP contribution in [0.4, 0.5) is 0 Å². The third-order valence-corrected chi connectivity index (χ3v) is 4.87. The van der Waals surface area contributed by atoms with Gasteiger partial charge in [-0.05, 0) is 44.9 Å². The molecule has 1 amide bonds. The molecule has 0 aromatic heterocycles. The van der Waals surface area contributed by atoms with Gasteiger partial charge < -0.3 is 10.6 Å². The monoisotopic (exact) mass is 272 g/mol. The highest BCUT2D eigenvalue weighted by atomic mass is 35.5. The average Bonchev–Trinajstić information content (AvgIpc) is 3.01. The summed E-state index contributed by atoms with van der Waals surface area (Å²) in [4.78, 5) is 12.3. The maximum absolute atomic E-state index is 12.3. The van der Waals surface area contributed by atoms with E-state index in [0.717, 1.165) is 38.5 Å². The van der Waals surface area contributed by atoms with Crippen molar-refractivity contribution in [1.29, 1.82) is 0 Å². The first-order chi connectivity index (χ1) is 8.22. The van der Waals surface area contributed by atoms with Crippen molar-refractivity contribution in [2.24, 2.45) is 5.41 Å². The van der Waals surface area contributed by atoms with Gasteiger partial charge in [0.05, 0.1) is 0 Å². The van der Waals surface area contributed by atoms with Crippen LogP contribution in [0.5, 0.6) is 0 Å². The Morgan fingerprint density at radius 2 is 1.89 bits per heavy atom. The summed E-state index contributed by atoms with van der Waals surface area (Å²) in [6, 6.07) is 1.77. The molecule has 3 aliphatic rings. The summed E-state index contributed by atoms with van der Waals surface area (Å²) < 4.78 is 0. The molecule has 2 unspecified atom stereocenters. The number of hydrogen-bond donors (Lipinski definition) is 2. The fraction of sp³-hybridized carbons (Fsp3) is 0.929. The van der Waals surface area contributed by atoms with Crippen molar-refractivity contribution in [2.45, 2.75) is 76.4 Å². The normalized spacial score (nSPS) is 35.7. The molecule has 2 N–H and O–H groups in total. The second-order valence-electron chi connectivity index (χ2n) is 6.31. The molecule has 3 rings (SSSR count). The quantitative estimate of drug-likeness (QED) is 0.825. The second kappa shape index (κ2) is 5.38. The largest absolute Gasteiger partial charge is 0.353 e. The van der Waals surface area contributed by atoms with Crippen LogP contribution in [0.1, 0.15) is 58.3 Å². The standard InChI is InChI=1S/C14H24N2O.ClH/c1-2-5-14(6-7-14)13(17)16-12-8-10-3-4-11(9-12)15-10;/h10-12,15H,2-9H2,1H3,(H,16,17);1H. The van der Waals surface area contributed by atoms with Crippen LogP contribution in [0, 0.1) is 5.41 Å². The van der Waals surface area contributed by atoms with Crippen LogP contribution in [-0.4, -0.2) is 24.0 Å². The molecule has 0 radical (unpaired) electrons. The van der Waals surface area contributed by atoms with Gasteiger partial charge in [0.2, 0.25) is 5.91 Å². The molecule has 1 aliphatic carbocycles. The molecule has 3 fully saturated rings. The van der Waals surface area contributed by atoms with E-state index in [-0.39, 0.29) is 17.8 Å². The smallest absolute Gasteiger partial charge is 0.226 e. The van der Waals surface area contributed by atoms with Crippen LogP contribution in [0.25, 0.3) is 0 Å². The molecule has 4 heteroatoms. The first-order valence-electron chi connectivity index (χ1n) is 7.29. The molecule has 1 saturated carbocycles. The van der Waals surface area contributed by atoms with E-state index in [0.29, 0.717) is 24.0 Å². The van der Waals surface area contributed by atoms with E-state index in [1.165, 1.54) is 12.8 Å². The summed E-state index contributed by atoms with van der Waals surface area (Å²) in [5.41, 5.74) is 0.0404. The zero-order valence-corrected chi connectivity index (χ0v) is 12.0. The minimum Gasteiger partial charge on any atom is -0.353 e. The lowest BCUT2D eigenvalue weighted by Crippen LogP contribution is -2.49. The number of halogens is 1. The lowest BCUT2D eigenvalue weighted by molar-refractivity contribution is -0.127. The van der Waals surface area contributed by atoms with Crippen molar-refractivity contribution in [1.82, 2.24) is 10.6 Å². The van der Waals surface area contributed by atoms with E-state index in [1.807, 2.05) is 0 Å². The SMILES string of the molecule is CCCC1(C(=O)NC2CC3CCC(C2)N3)CC1.Cl. The van der Waals surface area contributed by atoms with Gasteiger partial charge in [-0.15, -0.1) is 12.4 Å². The number of nitrogens with one attached hydrogen (secondary N) is 2. The maximum Gasteiger partial charge on any atom is 0.226 e. The fourth-order valence-corrected chi connectivity index (χ4v) is 3.73. The van der Waals surface area contributed by atoms with Crippen LogP contribution < -0.4 is 10.6 Å². The Morgan fingerprint density at radius 1 is 1.28 bits per heavy atom. The summed E-state index contributed by atoms with van der Waals surface area (Å²) >= 11 is 0. The number of amides is 1. The lowest BCUT2D eigenvalue weighted by atomic mass is 9.96. The Labute approximate surface area is 116 Å². The number of fused-ring (bicyclic) bond motifs is 2. The van der Waals surface area contributed by atoms with Crippen LogP contribution in [0.3, 0.4) is 0 Å². The van der Waals surface area contributed by atoms with Crippen molar-refractivity contribution in [2.75, 3.05) is 0 Å². The van der Waals surface area contributed by atoms with Crippen LogP contribution in [0.2, 0.25) is 0 Å². The highest BCUT2D eigenvalue weighted by Gasteiger charge is 2.49. The summed E-state index contributed by atoms with van der Waals surface area (Å²) in [6.45, 7) is 2.18. The van der Waals surface area contributed by atoms with Gasteiger partial charge >= 0.3 is 0 Å². The van der Waals surface area contributed by atoms with Gasteiger partial charge in [0.15, 0.2) is 0 Å². The minimum absolute atomic E-state index is 0. The average molecular weight is 273 g/mol. The van der Waals surface area contributed by atoms with Gasteiger partial charge in [-0.3, -0.25) is 4.79 Å². The predicted molar refractivity (Wildman–Crippen MR) is 74.9 cm³/mol. The molecule has 0 aromatic carbocycles. The van der Waals surface area contributed by atoms with Crippen molar-refractivity contribution in [3.05, 3.63) is 0 Å². The Kier molecular flexibility index (Phi) is 4.22. The zero-order chi connectivity index (χ0) is 11.9. The Morgan fingerprint density at radius 3 is 2.39 bits per heavy atom. The molecule has 0 spiro atoms. The summed E-state index contributed by atoms with van der Waals surface area (Å²) in [5, 5.41) is 6.95. The number of hydrogen-bond acceptors (Lipinski definition) is 2. The molecule has 104 valence electrons. The highest BCUT2D eigenvalue weighted by Crippen LogP contribution is 2.50.